The molecular formula is C20H43N3O4. The second-order valence-corrected chi connectivity index (χ2v) is 7.08. The molecule has 162 valence electrons. The van der Waals surface area contributed by atoms with Crippen molar-refractivity contribution in [3.63, 3.8) is 0 Å². The largest absolute Gasteiger partial charge is 0.446 e. The average Bonchev–Trinajstić information content (AvgIpc) is 3.14. The van der Waals surface area contributed by atoms with Crippen LogP contribution in [0.1, 0.15) is 88.3 Å². The molecule has 2 aliphatic rings. The zero-order chi connectivity index (χ0) is 20.7. The first-order chi connectivity index (χ1) is 12.9. The van der Waals surface area contributed by atoms with Crippen molar-refractivity contribution in [2.45, 2.75) is 97.6 Å². The van der Waals surface area contributed by atoms with E-state index in [2.05, 4.69) is 33.0 Å². The van der Waals surface area contributed by atoms with Crippen LogP contribution in [0.5, 0.6) is 0 Å². The van der Waals surface area contributed by atoms with E-state index >= 15 is 0 Å². The highest BCUT2D eigenvalue weighted by Crippen LogP contribution is 2.21. The number of carbonyl (C=O) groups excluding carboxylic acids is 3. The van der Waals surface area contributed by atoms with Crippen LogP contribution in [-0.4, -0.2) is 48.0 Å². The molecule has 27 heavy (non-hydrogen) atoms. The van der Waals surface area contributed by atoms with Gasteiger partial charge in [0.2, 0.25) is 11.8 Å². The number of ether oxygens (including phenoxy) is 1. The number of carbonyl (C=O) groups is 3. The van der Waals surface area contributed by atoms with Crippen LogP contribution in [0.3, 0.4) is 0 Å². The van der Waals surface area contributed by atoms with Gasteiger partial charge in [-0.1, -0.05) is 40.5 Å². The van der Waals surface area contributed by atoms with Crippen molar-refractivity contribution in [1.29, 1.82) is 0 Å². The fourth-order valence-electron chi connectivity index (χ4n) is 2.97. The number of nitrogens with zero attached hydrogens (tertiary/aromatic N) is 1. The Morgan fingerprint density at radius 3 is 2.04 bits per heavy atom. The highest BCUT2D eigenvalue weighted by Gasteiger charge is 2.30. The van der Waals surface area contributed by atoms with E-state index in [9.17, 15) is 14.4 Å². The van der Waals surface area contributed by atoms with Gasteiger partial charge < -0.3 is 20.7 Å². The monoisotopic (exact) mass is 389 g/mol. The van der Waals surface area contributed by atoms with Crippen LogP contribution in [-0.2, 0) is 14.3 Å². The van der Waals surface area contributed by atoms with Crippen LogP contribution >= 0.6 is 0 Å². The Hall–Kier alpha value is -1.79. The first kappa shape index (κ1) is 25.2. The van der Waals surface area contributed by atoms with Gasteiger partial charge in [-0.05, 0) is 44.9 Å². The molecule has 1 saturated heterocycles. The molecule has 2 fully saturated rings. The van der Waals surface area contributed by atoms with Crippen molar-refractivity contribution in [3.05, 3.63) is 0 Å². The molecule has 0 aromatic rings. The summed E-state index contributed by atoms with van der Waals surface area (Å²) in [4.78, 5) is 36.5. The third-order valence-corrected chi connectivity index (χ3v) is 4.11. The fourth-order valence-corrected chi connectivity index (χ4v) is 2.97. The minimum atomic E-state index is -0.567. The van der Waals surface area contributed by atoms with E-state index in [1.807, 2.05) is 0 Å². The van der Waals surface area contributed by atoms with Crippen molar-refractivity contribution in [3.8, 4) is 0 Å². The summed E-state index contributed by atoms with van der Waals surface area (Å²) in [6.45, 7) is 8.85. The van der Waals surface area contributed by atoms with Gasteiger partial charge in [0.05, 0.1) is 0 Å². The van der Waals surface area contributed by atoms with Crippen LogP contribution in [0.2, 0.25) is 0 Å². The maximum Gasteiger partial charge on any atom is 0.407 e. The molecule has 3 amide bonds. The Labute approximate surface area is 167 Å². The number of nitrogens with one attached hydrogen (secondary N) is 1. The van der Waals surface area contributed by atoms with Crippen molar-refractivity contribution >= 4 is 17.9 Å². The molecule has 1 heterocycles. The maximum absolute atomic E-state index is 12.1. The summed E-state index contributed by atoms with van der Waals surface area (Å²) >= 11 is 0. The lowest BCUT2D eigenvalue weighted by molar-refractivity contribution is -0.140. The van der Waals surface area contributed by atoms with E-state index in [-0.39, 0.29) is 21.4 Å². The molecule has 0 aromatic carbocycles. The molecule has 7 heteroatoms. The van der Waals surface area contributed by atoms with Crippen LogP contribution in [0.15, 0.2) is 0 Å². The van der Waals surface area contributed by atoms with E-state index in [4.69, 9.17) is 10.5 Å². The number of likely N-dealkylation sites (tertiary alicyclic amines) is 1. The van der Waals surface area contributed by atoms with E-state index in [0.717, 1.165) is 38.5 Å². The lowest BCUT2D eigenvalue weighted by Crippen LogP contribution is -2.53. The first-order valence-corrected chi connectivity index (χ1v) is 10.4. The van der Waals surface area contributed by atoms with Crippen molar-refractivity contribution in [1.82, 2.24) is 10.2 Å². The number of nitrogens with two attached hydrogens (primary N) is 1. The Bertz CT molecular complexity index is 445. The van der Waals surface area contributed by atoms with Gasteiger partial charge in [-0.25, -0.2) is 4.79 Å². The first-order valence-electron chi connectivity index (χ1n) is 10.4. The number of alkyl carbamates (subject to hydrolysis) is 1. The SMILES string of the molecule is CCC.CCC.NC(=O)[C@@H]1CCCCN1C(=O)CNC(=O)OC1CCCC1.[HH].[HH]. The molecule has 1 aliphatic heterocycles. The fraction of sp³-hybridized carbons (Fsp3) is 0.850. The summed E-state index contributed by atoms with van der Waals surface area (Å²) in [6.07, 6.45) is 8.14. The Kier molecular flexibility index (Phi) is 14.3. The van der Waals surface area contributed by atoms with Gasteiger partial charge in [0.25, 0.3) is 0 Å². The van der Waals surface area contributed by atoms with E-state index in [0.29, 0.717) is 13.0 Å². The summed E-state index contributed by atoms with van der Waals surface area (Å²) < 4.78 is 5.21. The summed E-state index contributed by atoms with van der Waals surface area (Å²) in [6, 6.07) is -0.557. The Morgan fingerprint density at radius 2 is 1.52 bits per heavy atom. The lowest BCUT2D eigenvalue weighted by Gasteiger charge is -2.33. The second-order valence-electron chi connectivity index (χ2n) is 7.08. The molecule has 0 aromatic heterocycles. The van der Waals surface area contributed by atoms with Gasteiger partial charge >= 0.3 is 6.09 Å². The third kappa shape index (κ3) is 10.8. The number of hydrogen-bond acceptors (Lipinski definition) is 4. The molecule has 1 saturated carbocycles. The molecule has 0 radical (unpaired) electrons. The third-order valence-electron chi connectivity index (χ3n) is 4.11. The Morgan fingerprint density at radius 1 is 1.00 bits per heavy atom. The molecular weight excluding hydrogens is 346 g/mol. The van der Waals surface area contributed by atoms with Crippen LogP contribution in [0.25, 0.3) is 0 Å². The van der Waals surface area contributed by atoms with E-state index in [1.54, 1.807) is 0 Å². The molecule has 1 aliphatic carbocycles. The number of rotatable bonds is 4. The zero-order valence-corrected chi connectivity index (χ0v) is 17.6. The lowest BCUT2D eigenvalue weighted by atomic mass is 10.0. The maximum atomic E-state index is 12.1. The van der Waals surface area contributed by atoms with E-state index < -0.39 is 18.0 Å². The minimum Gasteiger partial charge on any atom is -0.446 e. The van der Waals surface area contributed by atoms with Crippen LogP contribution in [0.4, 0.5) is 4.79 Å². The highest BCUT2D eigenvalue weighted by molar-refractivity contribution is 5.88. The van der Waals surface area contributed by atoms with Crippen molar-refractivity contribution in [2.24, 2.45) is 5.73 Å². The molecule has 0 unspecified atom stereocenters. The minimum absolute atomic E-state index is 0. The van der Waals surface area contributed by atoms with Gasteiger partial charge in [0, 0.05) is 9.40 Å². The topological polar surface area (TPSA) is 102 Å². The quantitative estimate of drug-likeness (QED) is 0.762. The van der Waals surface area contributed by atoms with Crippen molar-refractivity contribution < 1.29 is 22.0 Å². The van der Waals surface area contributed by atoms with Crippen LogP contribution < -0.4 is 11.1 Å². The summed E-state index contributed by atoms with van der Waals surface area (Å²) in [5, 5.41) is 2.46. The second kappa shape index (κ2) is 15.3. The zero-order valence-electron chi connectivity index (χ0n) is 17.6. The molecule has 0 bridgehead atoms. The molecule has 2 rings (SSSR count). The molecule has 0 spiro atoms. The van der Waals surface area contributed by atoms with Gasteiger partial charge in [-0.15, -0.1) is 0 Å². The van der Waals surface area contributed by atoms with Gasteiger partial charge in [-0.2, -0.15) is 0 Å². The van der Waals surface area contributed by atoms with E-state index in [1.165, 1.54) is 17.7 Å². The number of primary amides is 1. The average molecular weight is 390 g/mol. The Balaban J connectivity index is -0.000000755. The molecule has 1 atom stereocenters. The standard InChI is InChI=1S/C14H23N3O4.2C3H8.2H2/c15-13(19)11-7-3-4-8-17(11)12(18)9-16-14(20)21-10-5-1-2-6-10;2*1-3-2;;/h10-11H,1-9H2,(H2,15,19)(H,16,20);2*3H2,1-2H3;2*1H/t11-;;;;/m0..../s1. The summed E-state index contributed by atoms with van der Waals surface area (Å²) in [5.74, 6) is -0.779. The van der Waals surface area contributed by atoms with Gasteiger partial charge in [0.1, 0.15) is 18.7 Å². The number of hydrogen-bond donors (Lipinski definition) is 2. The number of amides is 3. The van der Waals surface area contributed by atoms with Gasteiger partial charge in [-0.3, -0.25) is 9.59 Å². The van der Waals surface area contributed by atoms with Gasteiger partial charge in [0.15, 0.2) is 0 Å². The normalized spacial score (nSPS) is 19.1. The van der Waals surface area contributed by atoms with Crippen LogP contribution in [0, 0.1) is 0 Å². The highest BCUT2D eigenvalue weighted by atomic mass is 16.6. The summed E-state index contributed by atoms with van der Waals surface area (Å²) in [5.41, 5.74) is 5.32. The predicted octanol–water partition coefficient (Wildman–Crippen LogP) is 3.85. The predicted molar refractivity (Wildman–Crippen MR) is 111 cm³/mol. The number of piperidine rings is 1. The van der Waals surface area contributed by atoms with Crippen molar-refractivity contribution in [2.75, 3.05) is 13.1 Å². The smallest absolute Gasteiger partial charge is 0.407 e. The summed E-state index contributed by atoms with van der Waals surface area (Å²) in [7, 11) is 0. The molecule has 7 nitrogen and oxygen atoms in total. The molecule has 3 N–H and O–H groups in total.